The Morgan fingerprint density at radius 1 is 0.955 bits per heavy atom. The third-order valence-electron chi connectivity index (χ3n) is 4.36. The van der Waals surface area contributed by atoms with Gasteiger partial charge in [-0.1, -0.05) is 36.4 Å². The lowest BCUT2D eigenvalue weighted by Gasteiger charge is -2.37. The standard InChI is InChI=1S/C19H23NOS/c21-22(19-12-5-2-6-13-19)16-14-18-11-7-8-15-20(18)17-9-3-1-4-10-17/h1-6,9-10,12-13,18H,7-8,11,14-16H2. The lowest BCUT2D eigenvalue weighted by atomic mass is 9.99. The van der Waals surface area contributed by atoms with Gasteiger partial charge in [-0.15, -0.1) is 0 Å². The van der Waals surface area contributed by atoms with E-state index in [4.69, 9.17) is 0 Å². The van der Waals surface area contributed by atoms with Crippen molar-refractivity contribution in [1.29, 1.82) is 0 Å². The second-order valence-electron chi connectivity index (χ2n) is 5.83. The Hall–Kier alpha value is -1.61. The smallest absolute Gasteiger partial charge is 0.0530 e. The van der Waals surface area contributed by atoms with Crippen LogP contribution in [0.2, 0.25) is 0 Å². The molecule has 0 bridgehead atoms. The Morgan fingerprint density at radius 2 is 1.64 bits per heavy atom. The van der Waals surface area contributed by atoms with Gasteiger partial charge >= 0.3 is 0 Å². The highest BCUT2D eigenvalue weighted by Crippen LogP contribution is 2.26. The number of hydrogen-bond acceptors (Lipinski definition) is 2. The van der Waals surface area contributed by atoms with Crippen molar-refractivity contribution in [3.63, 3.8) is 0 Å². The van der Waals surface area contributed by atoms with Crippen LogP contribution < -0.4 is 4.90 Å². The van der Waals surface area contributed by atoms with Crippen LogP contribution in [0.4, 0.5) is 5.69 Å². The Bertz CT molecular complexity index is 599. The average Bonchev–Trinajstić information content (AvgIpc) is 2.61. The minimum Gasteiger partial charge on any atom is -0.369 e. The molecule has 1 saturated heterocycles. The third-order valence-corrected chi connectivity index (χ3v) is 5.76. The van der Waals surface area contributed by atoms with Gasteiger partial charge in [0, 0.05) is 28.9 Å². The van der Waals surface area contributed by atoms with Crippen LogP contribution >= 0.6 is 0 Å². The van der Waals surface area contributed by atoms with Crippen molar-refractivity contribution >= 4 is 16.5 Å². The molecule has 0 radical (unpaired) electrons. The van der Waals surface area contributed by atoms with Crippen molar-refractivity contribution in [3.8, 4) is 0 Å². The van der Waals surface area contributed by atoms with Gasteiger partial charge < -0.3 is 4.90 Å². The normalized spacial score (nSPS) is 19.8. The summed E-state index contributed by atoms with van der Waals surface area (Å²) >= 11 is 0. The SMILES string of the molecule is O=S(CCC1CCCCN1c1ccccc1)c1ccccc1. The molecule has 1 fully saturated rings. The number of rotatable bonds is 5. The van der Waals surface area contributed by atoms with Crippen molar-refractivity contribution in [3.05, 3.63) is 60.7 Å². The molecule has 1 aliphatic rings. The fourth-order valence-electron chi connectivity index (χ4n) is 3.19. The van der Waals surface area contributed by atoms with Crippen molar-refractivity contribution in [2.45, 2.75) is 36.6 Å². The molecule has 2 unspecified atom stereocenters. The number of hydrogen-bond donors (Lipinski definition) is 0. The Kier molecular flexibility index (Phi) is 5.28. The molecular weight excluding hydrogens is 290 g/mol. The van der Waals surface area contributed by atoms with Crippen LogP contribution in [0.1, 0.15) is 25.7 Å². The summed E-state index contributed by atoms with van der Waals surface area (Å²) in [6.07, 6.45) is 4.75. The van der Waals surface area contributed by atoms with Crippen molar-refractivity contribution in [2.24, 2.45) is 0 Å². The molecule has 0 N–H and O–H groups in total. The van der Waals surface area contributed by atoms with Crippen LogP contribution in [0, 0.1) is 0 Å². The molecule has 3 heteroatoms. The predicted octanol–water partition coefficient (Wildman–Crippen LogP) is 4.24. The zero-order chi connectivity index (χ0) is 15.2. The van der Waals surface area contributed by atoms with Crippen LogP contribution in [-0.2, 0) is 10.8 Å². The van der Waals surface area contributed by atoms with Gasteiger partial charge in [0.2, 0.25) is 0 Å². The zero-order valence-electron chi connectivity index (χ0n) is 12.9. The van der Waals surface area contributed by atoms with Crippen LogP contribution in [-0.4, -0.2) is 22.5 Å². The van der Waals surface area contributed by atoms with Gasteiger partial charge in [-0.2, -0.15) is 0 Å². The molecule has 0 spiro atoms. The molecule has 0 saturated carbocycles. The summed E-state index contributed by atoms with van der Waals surface area (Å²) < 4.78 is 12.4. The minimum atomic E-state index is -0.883. The van der Waals surface area contributed by atoms with Gasteiger partial charge in [0.15, 0.2) is 0 Å². The zero-order valence-corrected chi connectivity index (χ0v) is 13.7. The molecule has 2 atom stereocenters. The number of benzene rings is 2. The molecule has 1 aliphatic heterocycles. The Morgan fingerprint density at radius 3 is 2.36 bits per heavy atom. The van der Waals surface area contributed by atoms with E-state index in [9.17, 15) is 4.21 Å². The van der Waals surface area contributed by atoms with Crippen molar-refractivity contribution in [2.75, 3.05) is 17.2 Å². The molecule has 3 rings (SSSR count). The fraction of sp³-hybridized carbons (Fsp3) is 0.368. The summed E-state index contributed by atoms with van der Waals surface area (Å²) in [4.78, 5) is 3.45. The molecule has 0 aliphatic carbocycles. The van der Waals surface area contributed by atoms with Gasteiger partial charge in [-0.25, -0.2) is 0 Å². The molecule has 0 amide bonds. The number of piperidine rings is 1. The van der Waals surface area contributed by atoms with E-state index >= 15 is 0 Å². The van der Waals surface area contributed by atoms with Crippen molar-refractivity contribution < 1.29 is 4.21 Å². The lowest BCUT2D eigenvalue weighted by Crippen LogP contribution is -2.40. The maximum Gasteiger partial charge on any atom is 0.0530 e. The summed E-state index contributed by atoms with van der Waals surface area (Å²) in [5, 5.41) is 0. The second kappa shape index (κ2) is 7.59. The first-order chi connectivity index (χ1) is 10.8. The minimum absolute atomic E-state index is 0.517. The highest BCUT2D eigenvalue weighted by molar-refractivity contribution is 7.85. The molecule has 1 heterocycles. The highest BCUT2D eigenvalue weighted by atomic mass is 32.2. The molecule has 2 aromatic rings. The van der Waals surface area contributed by atoms with E-state index in [-0.39, 0.29) is 0 Å². The first-order valence-corrected chi connectivity index (χ1v) is 9.41. The van der Waals surface area contributed by atoms with E-state index in [0.717, 1.165) is 23.6 Å². The fourth-order valence-corrected chi connectivity index (χ4v) is 4.38. The molecule has 22 heavy (non-hydrogen) atoms. The quantitative estimate of drug-likeness (QED) is 0.823. The number of anilines is 1. The highest BCUT2D eigenvalue weighted by Gasteiger charge is 2.23. The van der Waals surface area contributed by atoms with Gasteiger partial charge in [0.25, 0.3) is 0 Å². The first-order valence-electron chi connectivity index (χ1n) is 8.10. The summed E-state index contributed by atoms with van der Waals surface area (Å²) in [6.45, 7) is 1.12. The van der Waals surface area contributed by atoms with Gasteiger partial charge in [0.05, 0.1) is 10.8 Å². The average molecular weight is 313 g/mol. The largest absolute Gasteiger partial charge is 0.369 e. The summed E-state index contributed by atoms with van der Waals surface area (Å²) in [5.41, 5.74) is 1.30. The molecule has 2 aromatic carbocycles. The number of nitrogens with zero attached hydrogens (tertiary/aromatic N) is 1. The van der Waals surface area contributed by atoms with Crippen LogP contribution in [0.25, 0.3) is 0 Å². The van der Waals surface area contributed by atoms with Crippen LogP contribution in [0.3, 0.4) is 0 Å². The molecule has 2 nitrogen and oxygen atoms in total. The van der Waals surface area contributed by atoms with E-state index in [1.165, 1.54) is 24.9 Å². The second-order valence-corrected chi connectivity index (χ2v) is 7.40. The predicted molar refractivity (Wildman–Crippen MR) is 93.8 cm³/mol. The van der Waals surface area contributed by atoms with Crippen LogP contribution in [0.15, 0.2) is 65.6 Å². The summed E-state index contributed by atoms with van der Waals surface area (Å²) in [7, 11) is -0.883. The van der Waals surface area contributed by atoms with Gasteiger partial charge in [0.1, 0.15) is 0 Å². The third kappa shape index (κ3) is 3.77. The molecule has 116 valence electrons. The summed E-state index contributed by atoms with van der Waals surface area (Å²) in [5.74, 6) is 0.748. The van der Waals surface area contributed by atoms with E-state index in [1.54, 1.807) is 0 Å². The summed E-state index contributed by atoms with van der Waals surface area (Å²) in [6, 6.07) is 21.0. The van der Waals surface area contributed by atoms with E-state index in [2.05, 4.69) is 35.2 Å². The Labute approximate surface area is 135 Å². The van der Waals surface area contributed by atoms with E-state index in [0.29, 0.717) is 6.04 Å². The van der Waals surface area contributed by atoms with E-state index in [1.807, 2.05) is 30.3 Å². The van der Waals surface area contributed by atoms with Gasteiger partial charge in [-0.3, -0.25) is 4.21 Å². The lowest BCUT2D eigenvalue weighted by molar-refractivity contribution is 0.451. The Balaban J connectivity index is 1.64. The first kappa shape index (κ1) is 15.3. The van der Waals surface area contributed by atoms with Gasteiger partial charge in [-0.05, 0) is 49.9 Å². The topological polar surface area (TPSA) is 20.3 Å². The van der Waals surface area contributed by atoms with Crippen LogP contribution in [0.5, 0.6) is 0 Å². The maximum atomic E-state index is 12.4. The molecule has 0 aromatic heterocycles. The van der Waals surface area contributed by atoms with Crippen molar-refractivity contribution in [1.82, 2.24) is 0 Å². The molecular formula is C19H23NOS. The number of para-hydroxylation sites is 1. The monoisotopic (exact) mass is 313 g/mol. The maximum absolute atomic E-state index is 12.4. The van der Waals surface area contributed by atoms with E-state index < -0.39 is 10.8 Å².